The highest BCUT2D eigenvalue weighted by Gasteiger charge is 2.36. The van der Waals surface area contributed by atoms with Crippen molar-refractivity contribution in [3.05, 3.63) is 0 Å². The predicted octanol–water partition coefficient (Wildman–Crippen LogP) is 2.77. The lowest BCUT2D eigenvalue weighted by atomic mass is 10.5. The van der Waals surface area contributed by atoms with E-state index in [0.29, 0.717) is 0 Å². The van der Waals surface area contributed by atoms with E-state index in [2.05, 4.69) is 9.05 Å². The van der Waals surface area contributed by atoms with Gasteiger partial charge in [0.15, 0.2) is 0 Å². The summed E-state index contributed by atoms with van der Waals surface area (Å²) < 4.78 is 31.8. The maximum absolute atomic E-state index is 11.3. The standard InChI is InChI=1S/C6H16O6P2S/c1-5(2)11-13(7,8)15-14(9,10)12-6(3)4/h5-6H,1-4H3,(H,7,8)(H,9,10). The van der Waals surface area contributed by atoms with Crippen LogP contribution in [0.5, 0.6) is 0 Å². The molecule has 15 heavy (non-hydrogen) atoms. The molecule has 0 radical (unpaired) electrons. The van der Waals surface area contributed by atoms with Crippen LogP contribution in [-0.2, 0) is 18.2 Å². The average molecular weight is 278 g/mol. The number of hydrogen-bond acceptors (Lipinski definition) is 5. The fourth-order valence-corrected chi connectivity index (χ4v) is 7.19. The first-order chi connectivity index (χ1) is 6.54. The topological polar surface area (TPSA) is 93.1 Å². The Morgan fingerprint density at radius 3 is 1.40 bits per heavy atom. The highest BCUT2D eigenvalue weighted by Crippen LogP contribution is 2.75. The summed E-state index contributed by atoms with van der Waals surface area (Å²) in [6.45, 7) is -2.09. The first-order valence-electron chi connectivity index (χ1n) is 4.28. The molecule has 0 amide bonds. The van der Waals surface area contributed by atoms with Crippen LogP contribution in [-0.4, -0.2) is 22.0 Å². The van der Waals surface area contributed by atoms with Crippen molar-refractivity contribution < 1.29 is 28.0 Å². The number of rotatable bonds is 6. The molecule has 0 saturated carbocycles. The zero-order valence-electron chi connectivity index (χ0n) is 8.98. The van der Waals surface area contributed by atoms with Crippen molar-refractivity contribution in [2.24, 2.45) is 0 Å². The second-order valence-electron chi connectivity index (χ2n) is 3.33. The van der Waals surface area contributed by atoms with Crippen molar-refractivity contribution in [3.63, 3.8) is 0 Å². The van der Waals surface area contributed by atoms with Crippen molar-refractivity contribution >= 4 is 24.6 Å². The van der Waals surface area contributed by atoms with Gasteiger partial charge in [-0.05, 0) is 27.7 Å². The minimum Gasteiger partial charge on any atom is -0.316 e. The van der Waals surface area contributed by atoms with Crippen LogP contribution in [0.2, 0.25) is 0 Å². The molecule has 0 fully saturated rings. The lowest BCUT2D eigenvalue weighted by Gasteiger charge is -2.18. The molecule has 0 aromatic rings. The van der Waals surface area contributed by atoms with Gasteiger partial charge in [0.1, 0.15) is 0 Å². The Hall–Kier alpha value is 0.650. The molecular formula is C6H16O6P2S. The van der Waals surface area contributed by atoms with Crippen LogP contribution in [0.1, 0.15) is 27.7 Å². The van der Waals surface area contributed by atoms with Gasteiger partial charge >= 0.3 is 13.6 Å². The summed E-state index contributed by atoms with van der Waals surface area (Å²) in [5.41, 5.74) is 0. The minimum atomic E-state index is -4.15. The molecule has 9 heteroatoms. The second kappa shape index (κ2) is 5.82. The highest BCUT2D eigenvalue weighted by atomic mass is 33.1. The SMILES string of the molecule is CC(C)OP(=O)(O)SP(=O)(O)OC(C)C. The molecule has 2 atom stereocenters. The molecule has 0 aromatic heterocycles. The smallest absolute Gasteiger partial charge is 0.316 e. The van der Waals surface area contributed by atoms with Gasteiger partial charge in [-0.25, -0.2) is 9.13 Å². The molecule has 0 aliphatic heterocycles. The Morgan fingerprint density at radius 2 is 1.20 bits per heavy atom. The van der Waals surface area contributed by atoms with Crippen molar-refractivity contribution in [3.8, 4) is 0 Å². The average Bonchev–Trinajstić information content (AvgIpc) is 1.73. The molecule has 0 spiro atoms. The van der Waals surface area contributed by atoms with E-state index in [1.165, 1.54) is 0 Å². The van der Waals surface area contributed by atoms with Crippen molar-refractivity contribution in [1.29, 1.82) is 0 Å². The molecule has 0 aliphatic rings. The van der Waals surface area contributed by atoms with Crippen LogP contribution in [0.25, 0.3) is 0 Å². The van der Waals surface area contributed by atoms with Gasteiger partial charge in [0.05, 0.1) is 23.2 Å². The summed E-state index contributed by atoms with van der Waals surface area (Å²) in [5, 5.41) is 0. The summed E-state index contributed by atoms with van der Waals surface area (Å²) in [7, 11) is 0. The van der Waals surface area contributed by atoms with Gasteiger partial charge in [-0.15, -0.1) is 0 Å². The summed E-state index contributed by atoms with van der Waals surface area (Å²) in [5.74, 6) is 0. The Morgan fingerprint density at radius 1 is 0.933 bits per heavy atom. The molecule has 0 heterocycles. The third-order valence-electron chi connectivity index (χ3n) is 0.894. The van der Waals surface area contributed by atoms with Crippen molar-refractivity contribution in [2.75, 3.05) is 0 Å². The lowest BCUT2D eigenvalue weighted by Crippen LogP contribution is -2.00. The van der Waals surface area contributed by atoms with E-state index in [9.17, 15) is 18.9 Å². The number of hydrogen-bond donors (Lipinski definition) is 2. The molecule has 0 rings (SSSR count). The molecular weight excluding hydrogens is 262 g/mol. The van der Waals surface area contributed by atoms with E-state index in [1.807, 2.05) is 0 Å². The Balaban J connectivity index is 4.44. The molecule has 0 bridgehead atoms. The molecule has 2 N–H and O–H groups in total. The quantitative estimate of drug-likeness (QED) is 0.721. The fourth-order valence-electron chi connectivity index (χ4n) is 0.702. The van der Waals surface area contributed by atoms with E-state index in [-0.39, 0.29) is 11.0 Å². The van der Waals surface area contributed by atoms with Crippen LogP contribution >= 0.6 is 24.6 Å². The van der Waals surface area contributed by atoms with Crippen LogP contribution in [0.3, 0.4) is 0 Å². The van der Waals surface area contributed by atoms with E-state index in [0.717, 1.165) is 0 Å². The third-order valence-corrected chi connectivity index (χ3v) is 8.15. The summed E-state index contributed by atoms with van der Waals surface area (Å²) in [6.07, 6.45) is -1.01. The Labute approximate surface area is 92.9 Å². The maximum atomic E-state index is 11.3. The zero-order chi connectivity index (χ0) is 12.3. The molecule has 0 aromatic carbocycles. The van der Waals surface area contributed by atoms with Gasteiger partial charge < -0.3 is 9.79 Å². The van der Waals surface area contributed by atoms with Gasteiger partial charge in [0.2, 0.25) is 0 Å². The minimum absolute atomic E-state index is 0.0614. The maximum Gasteiger partial charge on any atom is 0.398 e. The first kappa shape index (κ1) is 15.7. The van der Waals surface area contributed by atoms with Crippen molar-refractivity contribution in [2.45, 2.75) is 39.9 Å². The molecule has 6 nitrogen and oxygen atoms in total. The molecule has 92 valence electrons. The Bertz CT molecular complexity index is 263. The monoisotopic (exact) mass is 278 g/mol. The van der Waals surface area contributed by atoms with E-state index < -0.39 is 25.8 Å². The Kier molecular flexibility index (Phi) is 6.08. The molecule has 2 unspecified atom stereocenters. The first-order valence-corrected chi connectivity index (χ1v) is 9.46. The summed E-state index contributed by atoms with van der Waals surface area (Å²) in [4.78, 5) is 18.4. The summed E-state index contributed by atoms with van der Waals surface area (Å²) >= 11 is -0.0614. The van der Waals surface area contributed by atoms with Gasteiger partial charge in [0, 0.05) is 0 Å². The van der Waals surface area contributed by atoms with Gasteiger partial charge in [0.25, 0.3) is 0 Å². The van der Waals surface area contributed by atoms with E-state index in [4.69, 9.17) is 0 Å². The second-order valence-corrected chi connectivity index (χ2v) is 10.5. The predicted molar refractivity (Wildman–Crippen MR) is 59.7 cm³/mol. The van der Waals surface area contributed by atoms with Gasteiger partial charge in [-0.2, -0.15) is 0 Å². The third kappa shape index (κ3) is 8.46. The van der Waals surface area contributed by atoms with Crippen LogP contribution in [0.4, 0.5) is 0 Å². The lowest BCUT2D eigenvalue weighted by molar-refractivity contribution is 0.214. The van der Waals surface area contributed by atoms with E-state index >= 15 is 0 Å². The van der Waals surface area contributed by atoms with Gasteiger partial charge in [-0.3, -0.25) is 9.05 Å². The fraction of sp³-hybridized carbons (Fsp3) is 1.00. The normalized spacial score (nSPS) is 20.3. The van der Waals surface area contributed by atoms with Crippen LogP contribution in [0, 0.1) is 0 Å². The van der Waals surface area contributed by atoms with Crippen LogP contribution < -0.4 is 0 Å². The zero-order valence-corrected chi connectivity index (χ0v) is 11.6. The van der Waals surface area contributed by atoms with Crippen molar-refractivity contribution in [1.82, 2.24) is 0 Å². The molecule has 0 saturated heterocycles. The largest absolute Gasteiger partial charge is 0.398 e. The highest BCUT2D eigenvalue weighted by molar-refractivity contribution is 8.84. The summed E-state index contributed by atoms with van der Waals surface area (Å²) in [6, 6.07) is 0. The van der Waals surface area contributed by atoms with Gasteiger partial charge in [-0.1, -0.05) is 0 Å². The van der Waals surface area contributed by atoms with Crippen LogP contribution in [0.15, 0.2) is 0 Å². The van der Waals surface area contributed by atoms with E-state index in [1.54, 1.807) is 27.7 Å². The molecule has 0 aliphatic carbocycles.